The molecule has 0 unspecified atom stereocenters. The molecule has 212 valence electrons. The van der Waals surface area contributed by atoms with Gasteiger partial charge in [-0.1, -0.05) is 30.3 Å². The highest BCUT2D eigenvalue weighted by atomic mass is 16.5. The van der Waals surface area contributed by atoms with Gasteiger partial charge in [-0.15, -0.1) is 0 Å². The maximum absolute atomic E-state index is 13.0. The minimum Gasteiger partial charge on any atom is -0.494 e. The van der Waals surface area contributed by atoms with Gasteiger partial charge in [0.1, 0.15) is 0 Å². The standard InChI is InChI=1S/C33H35N3O5/c1-21-18-27-28(20-26(21)33(40)41-2)35-32(39)30(27)31(24-6-4-3-5-7-24)34-25-10-8-23(9-11-25)29(38)19-22-12-14-36(15-13-22)16-17-37/h3-11,18,20,22,35,37,39H,12-17,19H2,1-2H3. The fraction of sp³-hybridized carbons (Fsp3) is 0.303. The summed E-state index contributed by atoms with van der Waals surface area (Å²) in [5, 5.41) is 20.9. The van der Waals surface area contributed by atoms with Crippen LogP contribution in [0.25, 0.3) is 10.9 Å². The van der Waals surface area contributed by atoms with Crippen LogP contribution in [-0.4, -0.2) is 70.9 Å². The molecule has 1 saturated heterocycles. The van der Waals surface area contributed by atoms with Crippen LogP contribution in [0.15, 0.2) is 71.7 Å². The number of aliphatic hydroxyl groups excluding tert-OH is 1. The fourth-order valence-electron chi connectivity index (χ4n) is 5.55. The summed E-state index contributed by atoms with van der Waals surface area (Å²) in [6, 6.07) is 20.4. The average Bonchev–Trinajstić information content (AvgIpc) is 3.31. The number of piperidine rings is 1. The van der Waals surface area contributed by atoms with E-state index in [1.165, 1.54) is 7.11 Å². The van der Waals surface area contributed by atoms with Crippen LogP contribution in [0.3, 0.4) is 0 Å². The van der Waals surface area contributed by atoms with Gasteiger partial charge in [0.05, 0.1) is 36.2 Å². The maximum atomic E-state index is 13.0. The third kappa shape index (κ3) is 6.24. The molecule has 0 amide bonds. The van der Waals surface area contributed by atoms with Gasteiger partial charge in [0.2, 0.25) is 0 Å². The number of aryl methyl sites for hydroxylation is 1. The SMILES string of the molecule is COC(=O)c1cc2[nH]c(O)c(C(=Nc3ccc(C(=O)CC4CCN(CCO)CC4)cc3)c3ccccc3)c2cc1C. The normalized spacial score (nSPS) is 14.9. The van der Waals surface area contributed by atoms with Crippen molar-refractivity contribution >= 4 is 34.1 Å². The van der Waals surface area contributed by atoms with Crippen molar-refractivity contribution in [2.24, 2.45) is 10.9 Å². The number of Topliss-reactive ketones (excluding diaryl/α,β-unsaturated/α-hetero) is 1. The number of carbonyl (C=O) groups excluding carboxylic acids is 2. The van der Waals surface area contributed by atoms with Crippen LogP contribution >= 0.6 is 0 Å². The second kappa shape index (κ2) is 12.5. The number of aliphatic hydroxyl groups is 1. The predicted molar refractivity (Wildman–Crippen MR) is 159 cm³/mol. The Morgan fingerprint density at radius 3 is 2.39 bits per heavy atom. The fourth-order valence-corrected chi connectivity index (χ4v) is 5.55. The third-order valence-electron chi connectivity index (χ3n) is 7.84. The van der Waals surface area contributed by atoms with Crippen LogP contribution in [0.5, 0.6) is 5.88 Å². The van der Waals surface area contributed by atoms with Crippen LogP contribution in [-0.2, 0) is 4.74 Å². The number of β-amino-alcohol motifs (C(OH)–C–C–N with tert-alkyl or cyclic N) is 1. The van der Waals surface area contributed by atoms with Gasteiger partial charge < -0.3 is 24.8 Å². The van der Waals surface area contributed by atoms with Crippen LogP contribution in [0.2, 0.25) is 0 Å². The van der Waals surface area contributed by atoms with Gasteiger partial charge >= 0.3 is 5.97 Å². The van der Waals surface area contributed by atoms with Crippen LogP contribution < -0.4 is 0 Å². The third-order valence-corrected chi connectivity index (χ3v) is 7.84. The Morgan fingerprint density at radius 1 is 1.02 bits per heavy atom. The van der Waals surface area contributed by atoms with E-state index in [-0.39, 0.29) is 18.3 Å². The first kappa shape index (κ1) is 28.3. The highest BCUT2D eigenvalue weighted by Crippen LogP contribution is 2.33. The van der Waals surface area contributed by atoms with Crippen molar-refractivity contribution in [3.05, 3.63) is 94.5 Å². The predicted octanol–water partition coefficient (Wildman–Crippen LogP) is 5.41. The molecule has 1 aromatic heterocycles. The van der Waals surface area contributed by atoms with E-state index in [1.54, 1.807) is 6.07 Å². The number of rotatable bonds is 9. The van der Waals surface area contributed by atoms with Crippen molar-refractivity contribution in [1.82, 2.24) is 9.88 Å². The van der Waals surface area contributed by atoms with E-state index < -0.39 is 5.97 Å². The quantitative estimate of drug-likeness (QED) is 0.145. The number of H-pyrrole nitrogens is 1. The maximum Gasteiger partial charge on any atom is 0.338 e. The Hall–Kier alpha value is -4.27. The van der Waals surface area contributed by atoms with Gasteiger partial charge in [-0.3, -0.25) is 4.79 Å². The summed E-state index contributed by atoms with van der Waals surface area (Å²) in [4.78, 5) is 35.4. The largest absolute Gasteiger partial charge is 0.494 e. The number of esters is 1. The number of aliphatic imine (C=N–C) groups is 1. The molecule has 0 aliphatic carbocycles. The van der Waals surface area contributed by atoms with E-state index in [0.717, 1.165) is 42.4 Å². The first-order valence-corrected chi connectivity index (χ1v) is 13.9. The van der Waals surface area contributed by atoms with Crippen molar-refractivity contribution in [1.29, 1.82) is 0 Å². The number of fused-ring (bicyclic) bond motifs is 1. The lowest BCUT2D eigenvalue weighted by molar-refractivity contribution is 0.0600. The number of hydrogen-bond donors (Lipinski definition) is 3. The zero-order valence-corrected chi connectivity index (χ0v) is 23.4. The van der Waals surface area contributed by atoms with E-state index in [0.29, 0.717) is 52.5 Å². The van der Waals surface area contributed by atoms with Crippen LogP contribution in [0.1, 0.15) is 56.7 Å². The molecule has 0 spiro atoms. The molecule has 3 N–H and O–H groups in total. The summed E-state index contributed by atoms with van der Waals surface area (Å²) in [6.45, 7) is 4.52. The average molecular weight is 554 g/mol. The van der Waals surface area contributed by atoms with E-state index in [9.17, 15) is 14.7 Å². The zero-order chi connectivity index (χ0) is 28.9. The number of methoxy groups -OCH3 is 1. The second-order valence-corrected chi connectivity index (χ2v) is 10.6. The summed E-state index contributed by atoms with van der Waals surface area (Å²) < 4.78 is 4.91. The molecule has 0 bridgehead atoms. The molecular formula is C33H35N3O5. The number of aromatic amines is 1. The first-order chi connectivity index (χ1) is 19.9. The lowest BCUT2D eigenvalue weighted by Crippen LogP contribution is -2.36. The number of ketones is 1. The van der Waals surface area contributed by atoms with Crippen LogP contribution in [0.4, 0.5) is 5.69 Å². The number of nitrogens with zero attached hydrogens (tertiary/aromatic N) is 2. The van der Waals surface area contributed by atoms with Gasteiger partial charge in [-0.05, 0) is 80.7 Å². The van der Waals surface area contributed by atoms with E-state index in [2.05, 4.69) is 9.88 Å². The van der Waals surface area contributed by atoms with E-state index in [4.69, 9.17) is 14.8 Å². The number of aromatic nitrogens is 1. The lowest BCUT2D eigenvalue weighted by Gasteiger charge is -2.31. The Kier molecular flexibility index (Phi) is 8.61. The lowest BCUT2D eigenvalue weighted by atomic mass is 9.90. The summed E-state index contributed by atoms with van der Waals surface area (Å²) >= 11 is 0. The Balaban J connectivity index is 1.44. The molecule has 41 heavy (non-hydrogen) atoms. The Bertz CT molecular complexity index is 1570. The summed E-state index contributed by atoms with van der Waals surface area (Å²) in [5.74, 6) is -0.0250. The second-order valence-electron chi connectivity index (χ2n) is 10.6. The van der Waals surface area contributed by atoms with E-state index in [1.807, 2.05) is 67.6 Å². The molecule has 1 aliphatic rings. The van der Waals surface area contributed by atoms with Gasteiger partial charge in [0, 0.05) is 35.0 Å². The summed E-state index contributed by atoms with van der Waals surface area (Å²) in [7, 11) is 1.34. The van der Waals surface area contributed by atoms with Crippen molar-refractivity contribution in [2.75, 3.05) is 33.4 Å². The number of nitrogens with one attached hydrogen (secondary N) is 1. The molecule has 5 rings (SSSR count). The highest BCUT2D eigenvalue weighted by Gasteiger charge is 2.23. The number of ether oxygens (including phenoxy) is 1. The number of hydrogen-bond acceptors (Lipinski definition) is 7. The number of carbonyl (C=O) groups is 2. The van der Waals surface area contributed by atoms with Crippen molar-refractivity contribution in [3.63, 3.8) is 0 Å². The molecule has 8 nitrogen and oxygen atoms in total. The molecule has 1 fully saturated rings. The molecule has 1 aliphatic heterocycles. The van der Waals surface area contributed by atoms with Gasteiger partial charge in [0.15, 0.2) is 11.7 Å². The topological polar surface area (TPSA) is 115 Å². The summed E-state index contributed by atoms with van der Waals surface area (Å²) in [5.41, 5.74) is 4.94. The monoisotopic (exact) mass is 553 g/mol. The molecule has 3 aromatic carbocycles. The number of aromatic hydroxyl groups is 1. The minimum atomic E-state index is -0.446. The van der Waals surface area contributed by atoms with Gasteiger partial charge in [-0.25, -0.2) is 9.79 Å². The molecule has 0 atom stereocenters. The molecule has 2 heterocycles. The van der Waals surface area contributed by atoms with Crippen molar-refractivity contribution < 1.29 is 24.5 Å². The van der Waals surface area contributed by atoms with E-state index >= 15 is 0 Å². The molecule has 0 radical (unpaired) electrons. The van der Waals surface area contributed by atoms with Crippen LogP contribution in [0, 0.1) is 12.8 Å². The smallest absolute Gasteiger partial charge is 0.338 e. The van der Waals surface area contributed by atoms with Crippen molar-refractivity contribution in [2.45, 2.75) is 26.2 Å². The minimum absolute atomic E-state index is 0.0548. The highest BCUT2D eigenvalue weighted by molar-refractivity contribution is 6.22. The Labute approximate surface area is 239 Å². The van der Waals surface area contributed by atoms with Crippen molar-refractivity contribution in [3.8, 4) is 5.88 Å². The van der Waals surface area contributed by atoms with Gasteiger partial charge in [-0.2, -0.15) is 0 Å². The summed E-state index contributed by atoms with van der Waals surface area (Å²) in [6.07, 6.45) is 2.44. The number of likely N-dealkylation sites (tertiary alicyclic amines) is 1. The molecule has 4 aromatic rings. The Morgan fingerprint density at radius 2 is 1.73 bits per heavy atom. The van der Waals surface area contributed by atoms with Gasteiger partial charge in [0.25, 0.3) is 0 Å². The molecular weight excluding hydrogens is 518 g/mol. The molecule has 8 heteroatoms. The molecule has 0 saturated carbocycles. The zero-order valence-electron chi connectivity index (χ0n) is 23.4. The number of benzene rings is 3. The first-order valence-electron chi connectivity index (χ1n) is 13.9.